The Hall–Kier alpha value is -0.330. The summed E-state index contributed by atoms with van der Waals surface area (Å²) in [6, 6.07) is -4.83. The maximum atomic E-state index is 11.7. The van der Waals surface area contributed by atoms with Gasteiger partial charge in [-0.15, -0.1) is 0 Å². The van der Waals surface area contributed by atoms with Gasteiger partial charge in [0.1, 0.15) is 12.0 Å². The molecule has 0 aliphatic carbocycles. The summed E-state index contributed by atoms with van der Waals surface area (Å²) in [5, 5.41) is 0. The minimum Gasteiger partial charge on any atom is -0.375 e. The van der Waals surface area contributed by atoms with Crippen molar-refractivity contribution >= 4 is 15.7 Å². The Morgan fingerprint density at radius 2 is 1.00 bits per heavy atom. The van der Waals surface area contributed by atoms with Crippen LogP contribution in [0.5, 0.6) is 0 Å². The molecule has 0 saturated heterocycles. The number of rotatable bonds is 2. The number of ether oxygens (including phenoxy) is 1. The van der Waals surface area contributed by atoms with E-state index in [0.717, 1.165) is 0 Å². The lowest BCUT2D eigenvalue weighted by Gasteiger charge is -2.23. The van der Waals surface area contributed by atoms with Gasteiger partial charge in [0.25, 0.3) is 0 Å². The third-order valence-electron chi connectivity index (χ3n) is 1.33. The first kappa shape index (κ1) is 12.7. The van der Waals surface area contributed by atoms with Gasteiger partial charge in [0.2, 0.25) is 0 Å². The molecule has 0 saturated carbocycles. The summed E-state index contributed by atoms with van der Waals surface area (Å²) in [6.07, 6.45) is -9.53. The maximum Gasteiger partial charge on any atom is 0.406 e. The molecule has 0 aliphatic rings. The van der Waals surface area contributed by atoms with Gasteiger partial charge in [0.05, 0.1) is 0 Å². The predicted molar refractivity (Wildman–Crippen MR) is 37.9 cm³/mol. The molecule has 0 heterocycles. The monoisotopic (exact) mass is 206 g/mol. The lowest BCUT2D eigenvalue weighted by molar-refractivity contribution is -0.245. The Morgan fingerprint density at radius 3 is 1.15 bits per heavy atom. The summed E-state index contributed by atoms with van der Waals surface area (Å²) >= 11 is 0. The quantitative estimate of drug-likeness (QED) is 0.457. The van der Waals surface area contributed by atoms with Gasteiger partial charge >= 0.3 is 12.4 Å². The first-order valence-corrected chi connectivity index (χ1v) is 3.34. The van der Waals surface area contributed by atoms with Crippen LogP contribution < -0.4 is 0 Å². The average molecular weight is 206 g/mol. The van der Waals surface area contributed by atoms with Gasteiger partial charge < -0.3 is 4.74 Å². The van der Waals surface area contributed by atoms with Crippen LogP contribution in [0.15, 0.2) is 0 Å². The van der Waals surface area contributed by atoms with E-state index in [4.69, 9.17) is 0 Å². The summed E-state index contributed by atoms with van der Waals surface area (Å²) in [5.74, 6) is 0. The molecule has 0 N–H and O–H groups in total. The molecule has 0 spiro atoms. The minimum absolute atomic E-state index is 0.530. The highest BCUT2D eigenvalue weighted by molar-refractivity contribution is 6.13. The van der Waals surface area contributed by atoms with Crippen molar-refractivity contribution in [2.75, 3.05) is 0 Å². The number of halogens is 6. The van der Waals surface area contributed by atoms with Crippen LogP contribution in [-0.2, 0) is 4.74 Å². The standard InChI is InChI=1S/C4H6B2F6O/c5-1(3(7,8)9)13-2(6)4(10,11)12/h1-2H,5-6H2. The zero-order valence-electron chi connectivity index (χ0n) is 6.83. The molecular formula is C4H6B2F6O. The van der Waals surface area contributed by atoms with Gasteiger partial charge in [-0.25, -0.2) is 0 Å². The average Bonchev–Trinajstić information content (AvgIpc) is 1.82. The second-order valence-corrected chi connectivity index (χ2v) is 2.50. The lowest BCUT2D eigenvalue weighted by atomic mass is 9.95. The van der Waals surface area contributed by atoms with E-state index >= 15 is 0 Å². The molecule has 9 heteroatoms. The highest BCUT2D eigenvalue weighted by Gasteiger charge is 2.43. The molecule has 0 aromatic rings. The van der Waals surface area contributed by atoms with E-state index in [-0.39, 0.29) is 0 Å². The van der Waals surface area contributed by atoms with Crippen molar-refractivity contribution in [1.82, 2.24) is 0 Å². The fourth-order valence-corrected chi connectivity index (χ4v) is 0.460. The molecule has 0 aromatic carbocycles. The third-order valence-corrected chi connectivity index (χ3v) is 1.33. The number of hydrogen-bond donors (Lipinski definition) is 0. The van der Waals surface area contributed by atoms with Crippen LogP contribution in [0.3, 0.4) is 0 Å². The summed E-state index contributed by atoms with van der Waals surface area (Å²) in [6.45, 7) is 0. The van der Waals surface area contributed by atoms with Gasteiger partial charge in [-0.05, 0) is 0 Å². The molecule has 0 aromatic heterocycles. The molecule has 0 bridgehead atoms. The van der Waals surface area contributed by atoms with E-state index in [1.807, 2.05) is 0 Å². The zero-order chi connectivity index (χ0) is 10.9. The fraction of sp³-hybridized carbons (Fsp3) is 1.00. The van der Waals surface area contributed by atoms with Crippen LogP contribution >= 0.6 is 0 Å². The van der Waals surface area contributed by atoms with Crippen LogP contribution in [0.25, 0.3) is 0 Å². The maximum absolute atomic E-state index is 11.7. The van der Waals surface area contributed by atoms with Crippen LogP contribution in [-0.4, -0.2) is 40.1 Å². The van der Waals surface area contributed by atoms with Gasteiger partial charge in [-0.1, -0.05) is 0 Å². The first-order valence-electron chi connectivity index (χ1n) is 3.34. The summed E-state index contributed by atoms with van der Waals surface area (Å²) in [5.41, 5.74) is 0. The number of hydrogen-bond acceptors (Lipinski definition) is 1. The fourth-order valence-electron chi connectivity index (χ4n) is 0.460. The molecule has 0 fully saturated rings. The Morgan fingerprint density at radius 1 is 0.769 bits per heavy atom. The molecule has 76 valence electrons. The summed E-state index contributed by atoms with van der Waals surface area (Å²) in [4.78, 5) is 0. The van der Waals surface area contributed by atoms with Crippen LogP contribution in [0, 0.1) is 0 Å². The summed E-state index contributed by atoms with van der Waals surface area (Å²) < 4.78 is 74.0. The first-order chi connectivity index (χ1) is 5.55. The van der Waals surface area contributed by atoms with E-state index in [1.54, 1.807) is 0 Å². The smallest absolute Gasteiger partial charge is 0.375 e. The molecule has 0 radical (unpaired) electrons. The second-order valence-electron chi connectivity index (χ2n) is 2.50. The van der Waals surface area contributed by atoms with E-state index < -0.39 is 24.4 Å². The van der Waals surface area contributed by atoms with Gasteiger partial charge in [-0.2, -0.15) is 26.3 Å². The Kier molecular flexibility index (Phi) is 3.71. The van der Waals surface area contributed by atoms with E-state index in [9.17, 15) is 26.3 Å². The minimum atomic E-state index is -4.76. The Labute approximate surface area is 72.2 Å². The van der Waals surface area contributed by atoms with Crippen molar-refractivity contribution in [3.05, 3.63) is 0 Å². The molecule has 0 aliphatic heterocycles. The highest BCUT2D eigenvalue weighted by atomic mass is 19.4. The topological polar surface area (TPSA) is 9.23 Å². The molecular weight excluding hydrogens is 200 g/mol. The lowest BCUT2D eigenvalue weighted by Crippen LogP contribution is -2.41. The van der Waals surface area contributed by atoms with Crippen LogP contribution in [0.1, 0.15) is 0 Å². The van der Waals surface area contributed by atoms with Gasteiger partial charge in [-0.3, -0.25) is 0 Å². The number of alkyl halides is 6. The van der Waals surface area contributed by atoms with Crippen molar-refractivity contribution in [2.24, 2.45) is 0 Å². The summed E-state index contributed by atoms with van der Waals surface area (Å²) in [7, 11) is 1.06. The van der Waals surface area contributed by atoms with E-state index in [0.29, 0.717) is 15.7 Å². The Balaban J connectivity index is 4.15. The normalized spacial score (nSPS) is 18.3. The van der Waals surface area contributed by atoms with Crippen molar-refractivity contribution in [3.8, 4) is 0 Å². The second kappa shape index (κ2) is 3.81. The van der Waals surface area contributed by atoms with Crippen molar-refractivity contribution in [2.45, 2.75) is 24.4 Å². The molecule has 0 amide bonds. The molecule has 13 heavy (non-hydrogen) atoms. The molecule has 0 rings (SSSR count). The zero-order valence-corrected chi connectivity index (χ0v) is 6.83. The van der Waals surface area contributed by atoms with Gasteiger partial charge in [0, 0.05) is 0 Å². The Bertz CT molecular complexity index is 147. The molecule has 2 atom stereocenters. The van der Waals surface area contributed by atoms with Crippen molar-refractivity contribution in [1.29, 1.82) is 0 Å². The van der Waals surface area contributed by atoms with Crippen molar-refractivity contribution < 1.29 is 31.1 Å². The highest BCUT2D eigenvalue weighted by Crippen LogP contribution is 2.26. The van der Waals surface area contributed by atoms with E-state index in [2.05, 4.69) is 4.74 Å². The van der Waals surface area contributed by atoms with Gasteiger partial charge in [0.15, 0.2) is 15.7 Å². The SMILES string of the molecule is BC(OC(B)C(F)(F)F)C(F)(F)F. The van der Waals surface area contributed by atoms with Crippen LogP contribution in [0.2, 0.25) is 0 Å². The molecule has 2 unspecified atom stereocenters. The predicted octanol–water partition coefficient (Wildman–Crippen LogP) is 0.0460. The largest absolute Gasteiger partial charge is 0.406 e. The molecule has 1 nitrogen and oxygen atoms in total. The van der Waals surface area contributed by atoms with Crippen LogP contribution in [0.4, 0.5) is 26.3 Å². The van der Waals surface area contributed by atoms with E-state index in [1.165, 1.54) is 0 Å². The third kappa shape index (κ3) is 4.44. The van der Waals surface area contributed by atoms with Crippen molar-refractivity contribution in [3.63, 3.8) is 0 Å².